The Morgan fingerprint density at radius 3 is 2.03 bits per heavy atom. The van der Waals surface area contributed by atoms with Crippen LogP contribution in [0.1, 0.15) is 43.7 Å². The predicted molar refractivity (Wildman–Crippen MR) is 234 cm³/mol. The van der Waals surface area contributed by atoms with Crippen molar-refractivity contribution >= 4 is 55.2 Å². The van der Waals surface area contributed by atoms with Crippen LogP contribution < -0.4 is 20.4 Å². The molecule has 1 aliphatic carbocycles. The fraction of sp³-hybridized carbons (Fsp3) is 0.348. The lowest BCUT2D eigenvalue weighted by Crippen LogP contribution is -2.68. The van der Waals surface area contributed by atoms with Gasteiger partial charge in [-0.05, 0) is 93.6 Å². The van der Waals surface area contributed by atoms with Crippen molar-refractivity contribution in [3.8, 4) is 28.3 Å². The number of nitrogens with one attached hydrogen (secondary N) is 2. The lowest BCUT2D eigenvalue weighted by molar-refractivity contribution is 0.272. The number of phenolic OH excluding ortho intramolecular Hbond substituents is 1. The number of nitrogens with zero attached hydrogens (tertiary/aromatic N) is 10. The van der Waals surface area contributed by atoms with Gasteiger partial charge >= 0.3 is 0 Å². The van der Waals surface area contributed by atoms with Crippen LogP contribution in [0.25, 0.3) is 66.4 Å². The van der Waals surface area contributed by atoms with Crippen molar-refractivity contribution in [1.82, 2.24) is 50.1 Å². The van der Waals surface area contributed by atoms with E-state index in [1.165, 1.54) is 11.6 Å². The number of fused-ring (bicyclic) bond motifs is 4. The van der Waals surface area contributed by atoms with Crippen LogP contribution in [0, 0.1) is 12.7 Å². The molecule has 1 saturated carbocycles. The van der Waals surface area contributed by atoms with E-state index in [1.807, 2.05) is 63.0 Å². The zero-order chi connectivity index (χ0) is 41.0. The largest absolute Gasteiger partial charge is 0.507 e. The third-order valence-electron chi connectivity index (χ3n) is 12.6. The molecule has 14 heteroatoms. The molecule has 11 rings (SSSR count). The van der Waals surface area contributed by atoms with Crippen molar-refractivity contribution < 1.29 is 9.50 Å². The highest BCUT2D eigenvalue weighted by atomic mass is 19.1. The number of piperazine rings is 2. The predicted octanol–water partition coefficient (Wildman–Crippen LogP) is 6.74. The van der Waals surface area contributed by atoms with E-state index < -0.39 is 0 Å². The minimum atomic E-state index is -0.364. The molecule has 8 heterocycles. The lowest BCUT2D eigenvalue weighted by atomic mass is 9.97. The topological polar surface area (TPSA) is 138 Å². The van der Waals surface area contributed by atoms with Crippen LogP contribution >= 0.6 is 0 Å². The fourth-order valence-corrected chi connectivity index (χ4v) is 9.63. The maximum Gasteiger partial charge on any atom is 0.160 e. The van der Waals surface area contributed by atoms with Crippen molar-refractivity contribution in [2.45, 2.75) is 63.7 Å². The summed E-state index contributed by atoms with van der Waals surface area (Å²) in [5.41, 5.74) is 9.47. The van der Waals surface area contributed by atoms with Gasteiger partial charge in [0.1, 0.15) is 11.3 Å². The highest BCUT2D eigenvalue weighted by molar-refractivity contribution is 5.93. The van der Waals surface area contributed by atoms with Gasteiger partial charge in [-0.15, -0.1) is 0 Å². The number of aromatic nitrogens is 8. The van der Waals surface area contributed by atoms with Gasteiger partial charge < -0.3 is 25.5 Å². The molecule has 0 spiro atoms. The molecule has 2 aliphatic heterocycles. The van der Waals surface area contributed by atoms with E-state index in [0.29, 0.717) is 39.5 Å². The molecule has 0 bridgehead atoms. The van der Waals surface area contributed by atoms with E-state index in [4.69, 9.17) is 19.9 Å². The van der Waals surface area contributed by atoms with Crippen LogP contribution in [0.15, 0.2) is 73.3 Å². The molecule has 13 nitrogen and oxygen atoms in total. The van der Waals surface area contributed by atoms with E-state index in [9.17, 15) is 9.50 Å². The van der Waals surface area contributed by atoms with Gasteiger partial charge in [-0.25, -0.2) is 24.3 Å². The van der Waals surface area contributed by atoms with Gasteiger partial charge in [-0.3, -0.25) is 9.36 Å². The molecule has 8 aromatic rings. The zero-order valence-corrected chi connectivity index (χ0v) is 34.4. The van der Waals surface area contributed by atoms with Crippen molar-refractivity contribution in [2.75, 3.05) is 36.0 Å². The number of benzene rings is 2. The monoisotopic (exact) mass is 802 g/mol. The first-order chi connectivity index (χ1) is 29.0. The highest BCUT2D eigenvalue weighted by Gasteiger charge is 2.36. The fourth-order valence-electron chi connectivity index (χ4n) is 9.63. The second-order valence-electron chi connectivity index (χ2n) is 17.4. The Labute approximate surface area is 346 Å². The Morgan fingerprint density at radius 2 is 1.33 bits per heavy atom. The maximum absolute atomic E-state index is 14.9. The second kappa shape index (κ2) is 13.9. The standard InChI is InChI=1S/C46H47FN12O/c1-24-18-58(32-11-28-8-9-38(52-45(28)48-16-32)29-10-30-20-57(5)55-43(30)37(47)13-29)22-40(50-24)41-23-59(19-25(2)51-41)33-14-35-34(27-6-7-27)15-39(53-46(35)49-17-33)36-12-31-21-56(4)54-42(31)26(3)44(36)60/h8-17,20-21,24-25,27,40-41,50-51,60H,6-7,18-19,22-23H2,1-5H3. The van der Waals surface area contributed by atoms with Crippen LogP contribution in [0.5, 0.6) is 5.75 Å². The third kappa shape index (κ3) is 6.45. The Bertz CT molecular complexity index is 3010. The van der Waals surface area contributed by atoms with E-state index in [1.54, 1.807) is 16.4 Å². The molecule has 3 aliphatic rings. The highest BCUT2D eigenvalue weighted by Crippen LogP contribution is 2.46. The average molecular weight is 803 g/mol. The first kappa shape index (κ1) is 36.8. The van der Waals surface area contributed by atoms with Gasteiger partial charge in [0.15, 0.2) is 17.1 Å². The number of hydrogen-bond donors (Lipinski definition) is 3. The van der Waals surface area contributed by atoms with Crippen LogP contribution in [0.2, 0.25) is 0 Å². The number of rotatable bonds is 6. The summed E-state index contributed by atoms with van der Waals surface area (Å²) in [4.78, 5) is 24.6. The summed E-state index contributed by atoms with van der Waals surface area (Å²) in [6, 6.07) is 16.9. The molecular formula is C46H47FN12O. The van der Waals surface area contributed by atoms with E-state index in [2.05, 4.69) is 62.7 Å². The van der Waals surface area contributed by atoms with Gasteiger partial charge in [0.2, 0.25) is 0 Å². The molecule has 6 aromatic heterocycles. The Kier molecular flexibility index (Phi) is 8.54. The molecule has 304 valence electrons. The molecular weight excluding hydrogens is 756 g/mol. The molecule has 2 aromatic carbocycles. The minimum absolute atomic E-state index is 0.181. The Morgan fingerprint density at radius 1 is 0.700 bits per heavy atom. The molecule has 4 atom stereocenters. The molecule has 0 radical (unpaired) electrons. The molecule has 2 saturated heterocycles. The summed E-state index contributed by atoms with van der Waals surface area (Å²) in [6.45, 7) is 9.77. The zero-order valence-electron chi connectivity index (χ0n) is 34.4. The number of aromatic hydroxyl groups is 1. The van der Waals surface area contributed by atoms with Gasteiger partial charge in [0, 0.05) is 115 Å². The SMILES string of the molecule is Cc1c(O)c(-c2cc(C3CC3)c3cc(N4CC(C)NC(C5CN(c6cnc7nc(-c8cc(F)c9nn(C)cc9c8)ccc7c6)CC(C)N5)C4)cnc3n2)cc2cn(C)nc12. The van der Waals surface area contributed by atoms with Crippen LogP contribution in [0.4, 0.5) is 15.8 Å². The molecule has 3 fully saturated rings. The van der Waals surface area contributed by atoms with E-state index in [-0.39, 0.29) is 35.7 Å². The summed E-state index contributed by atoms with van der Waals surface area (Å²) < 4.78 is 18.3. The number of halogens is 1. The summed E-state index contributed by atoms with van der Waals surface area (Å²) in [5.74, 6) is 0.311. The van der Waals surface area contributed by atoms with Gasteiger partial charge in [0.05, 0.1) is 40.7 Å². The van der Waals surface area contributed by atoms with E-state index >= 15 is 0 Å². The van der Waals surface area contributed by atoms with Gasteiger partial charge in [-0.2, -0.15) is 10.2 Å². The number of hydrogen-bond acceptors (Lipinski definition) is 11. The molecule has 0 amide bonds. The molecule has 4 unspecified atom stereocenters. The Hall–Kier alpha value is -6.25. The number of phenols is 1. The van der Waals surface area contributed by atoms with E-state index in [0.717, 1.165) is 88.7 Å². The smallest absolute Gasteiger partial charge is 0.160 e. The van der Waals surface area contributed by atoms with Crippen LogP contribution in [0.3, 0.4) is 0 Å². The van der Waals surface area contributed by atoms with Crippen LogP contribution in [-0.4, -0.2) is 94.9 Å². The van der Waals surface area contributed by atoms with Crippen molar-refractivity contribution in [3.05, 3.63) is 90.3 Å². The maximum atomic E-state index is 14.9. The Balaban J connectivity index is 0.846. The summed E-state index contributed by atoms with van der Waals surface area (Å²) in [6.07, 6.45) is 9.95. The lowest BCUT2D eigenvalue weighted by Gasteiger charge is -2.47. The van der Waals surface area contributed by atoms with Gasteiger partial charge in [0.25, 0.3) is 0 Å². The van der Waals surface area contributed by atoms with Crippen LogP contribution in [-0.2, 0) is 14.1 Å². The van der Waals surface area contributed by atoms with Crippen molar-refractivity contribution in [2.24, 2.45) is 14.1 Å². The average Bonchev–Trinajstić information content (AvgIpc) is 3.91. The molecule has 3 N–H and O–H groups in total. The summed E-state index contributed by atoms with van der Waals surface area (Å²) in [7, 11) is 3.69. The van der Waals surface area contributed by atoms with Gasteiger partial charge in [-0.1, -0.05) is 0 Å². The number of anilines is 2. The minimum Gasteiger partial charge on any atom is -0.507 e. The van der Waals surface area contributed by atoms with Crippen molar-refractivity contribution in [1.29, 1.82) is 0 Å². The van der Waals surface area contributed by atoms with Crippen molar-refractivity contribution in [3.63, 3.8) is 0 Å². The quantitative estimate of drug-likeness (QED) is 0.165. The molecule has 60 heavy (non-hydrogen) atoms. The summed E-state index contributed by atoms with van der Waals surface area (Å²) >= 11 is 0. The first-order valence-electron chi connectivity index (χ1n) is 20.9. The number of pyridine rings is 4. The third-order valence-corrected chi connectivity index (χ3v) is 12.6. The second-order valence-corrected chi connectivity index (χ2v) is 17.4. The first-order valence-corrected chi connectivity index (χ1v) is 20.9. The summed E-state index contributed by atoms with van der Waals surface area (Å²) in [5, 5.41) is 31.7. The number of aryl methyl sites for hydroxylation is 3. The normalized spacial score (nSPS) is 21.2.